The summed E-state index contributed by atoms with van der Waals surface area (Å²) in [7, 11) is 1.57. The minimum Gasteiger partial charge on any atom is -0.493 e. The molecule has 110 valence electrons. The molecular formula is C14H13NO4S2. The average Bonchev–Trinajstić information content (AvgIpc) is 3.03. The number of methoxy groups -OCH3 is 1. The summed E-state index contributed by atoms with van der Waals surface area (Å²) in [4.78, 5) is 14.4. The minimum atomic E-state index is -0.0656. The van der Waals surface area contributed by atoms with E-state index >= 15 is 0 Å². The van der Waals surface area contributed by atoms with Crippen LogP contribution < -0.4 is 14.2 Å². The Labute approximate surface area is 131 Å². The van der Waals surface area contributed by atoms with Gasteiger partial charge in [-0.3, -0.25) is 9.69 Å². The van der Waals surface area contributed by atoms with Crippen molar-refractivity contribution in [2.45, 2.75) is 6.92 Å². The highest BCUT2D eigenvalue weighted by Gasteiger charge is 2.31. The lowest BCUT2D eigenvalue weighted by atomic mass is 10.1. The topological polar surface area (TPSA) is 48.0 Å². The normalized spacial score (nSPS) is 18.8. The standard InChI is InChI=1S/C14H13NO4S2/c1-3-15-13(16)11(21-14(15)20)6-8-4-9(17-2)12-10(5-8)18-7-19-12/h4-6H,3,7H2,1-2H3. The van der Waals surface area contributed by atoms with Gasteiger partial charge in [0, 0.05) is 6.54 Å². The number of thiocarbonyl (C=S) groups is 1. The van der Waals surface area contributed by atoms with E-state index in [1.54, 1.807) is 18.1 Å². The number of hydrogen-bond acceptors (Lipinski definition) is 6. The second kappa shape index (κ2) is 5.57. The van der Waals surface area contributed by atoms with Crippen LogP contribution in [0.15, 0.2) is 17.0 Å². The van der Waals surface area contributed by atoms with Gasteiger partial charge < -0.3 is 14.2 Å². The van der Waals surface area contributed by atoms with Crippen LogP contribution in [0.5, 0.6) is 17.2 Å². The van der Waals surface area contributed by atoms with E-state index in [4.69, 9.17) is 26.4 Å². The number of carbonyl (C=O) groups is 1. The molecule has 0 spiro atoms. The van der Waals surface area contributed by atoms with Gasteiger partial charge in [-0.25, -0.2) is 0 Å². The molecule has 3 rings (SSSR count). The summed E-state index contributed by atoms with van der Waals surface area (Å²) in [5.41, 5.74) is 0.813. The molecular weight excluding hydrogens is 310 g/mol. The van der Waals surface area contributed by atoms with Gasteiger partial charge in [0.05, 0.1) is 12.0 Å². The molecule has 0 aliphatic carbocycles. The molecule has 21 heavy (non-hydrogen) atoms. The van der Waals surface area contributed by atoms with Crippen molar-refractivity contribution in [3.05, 3.63) is 22.6 Å². The Kier molecular flexibility index (Phi) is 3.77. The highest BCUT2D eigenvalue weighted by atomic mass is 32.2. The molecule has 0 saturated carbocycles. The van der Waals surface area contributed by atoms with Crippen LogP contribution in [-0.4, -0.2) is 35.6 Å². The molecule has 1 saturated heterocycles. The number of fused-ring (bicyclic) bond motifs is 1. The Bertz CT molecular complexity index is 657. The van der Waals surface area contributed by atoms with Crippen molar-refractivity contribution in [3.63, 3.8) is 0 Å². The molecule has 0 bridgehead atoms. The fraction of sp³-hybridized carbons (Fsp3) is 0.286. The molecule has 0 aromatic heterocycles. The number of thioether (sulfide) groups is 1. The summed E-state index contributed by atoms with van der Waals surface area (Å²) >= 11 is 6.50. The monoisotopic (exact) mass is 323 g/mol. The van der Waals surface area contributed by atoms with E-state index in [0.29, 0.717) is 33.0 Å². The van der Waals surface area contributed by atoms with Gasteiger partial charge in [0.25, 0.3) is 5.91 Å². The number of ether oxygens (including phenoxy) is 3. The Morgan fingerprint density at radius 3 is 2.95 bits per heavy atom. The molecule has 1 aromatic rings. The van der Waals surface area contributed by atoms with Crippen molar-refractivity contribution in [2.75, 3.05) is 20.4 Å². The van der Waals surface area contributed by atoms with E-state index in [-0.39, 0.29) is 12.7 Å². The van der Waals surface area contributed by atoms with Gasteiger partial charge >= 0.3 is 0 Å². The maximum atomic E-state index is 12.2. The van der Waals surface area contributed by atoms with Gasteiger partial charge in [-0.2, -0.15) is 0 Å². The summed E-state index contributed by atoms with van der Waals surface area (Å²) in [5, 5.41) is 0. The largest absolute Gasteiger partial charge is 0.493 e. The van der Waals surface area contributed by atoms with Crippen LogP contribution in [0.2, 0.25) is 0 Å². The van der Waals surface area contributed by atoms with E-state index < -0.39 is 0 Å². The number of hydrogen-bond donors (Lipinski definition) is 0. The first-order valence-corrected chi connectivity index (χ1v) is 7.59. The Balaban J connectivity index is 1.97. The van der Waals surface area contributed by atoms with Crippen LogP contribution in [0.1, 0.15) is 12.5 Å². The first kappa shape index (κ1) is 14.2. The number of nitrogens with zero attached hydrogens (tertiary/aromatic N) is 1. The third-order valence-corrected chi connectivity index (χ3v) is 4.55. The predicted octanol–water partition coefficient (Wildman–Crippen LogP) is 2.65. The number of carbonyl (C=O) groups excluding carboxylic acids is 1. The van der Waals surface area contributed by atoms with Crippen molar-refractivity contribution in [1.29, 1.82) is 0 Å². The van der Waals surface area contributed by atoms with Crippen molar-refractivity contribution >= 4 is 40.3 Å². The van der Waals surface area contributed by atoms with E-state index in [2.05, 4.69) is 0 Å². The Morgan fingerprint density at radius 2 is 2.29 bits per heavy atom. The quantitative estimate of drug-likeness (QED) is 0.629. The molecule has 2 aliphatic rings. The van der Waals surface area contributed by atoms with Crippen LogP contribution in [0, 0.1) is 0 Å². The van der Waals surface area contributed by atoms with Gasteiger partial charge in [-0.1, -0.05) is 24.0 Å². The molecule has 0 radical (unpaired) electrons. The second-order valence-electron chi connectivity index (χ2n) is 4.38. The number of amides is 1. The third kappa shape index (κ3) is 2.47. The van der Waals surface area contributed by atoms with Gasteiger partial charge in [-0.15, -0.1) is 0 Å². The summed E-state index contributed by atoms with van der Waals surface area (Å²) in [5.74, 6) is 1.73. The zero-order valence-corrected chi connectivity index (χ0v) is 13.2. The highest BCUT2D eigenvalue weighted by molar-refractivity contribution is 8.26. The minimum absolute atomic E-state index is 0.0656. The van der Waals surface area contributed by atoms with Crippen molar-refractivity contribution in [3.8, 4) is 17.2 Å². The maximum absolute atomic E-state index is 12.2. The molecule has 0 unspecified atom stereocenters. The number of likely N-dealkylation sites (N-methyl/N-ethyl adjacent to an activating group) is 1. The van der Waals surface area contributed by atoms with E-state index in [1.165, 1.54) is 11.8 Å². The van der Waals surface area contributed by atoms with E-state index in [9.17, 15) is 4.79 Å². The molecule has 2 aliphatic heterocycles. The van der Waals surface area contributed by atoms with E-state index in [0.717, 1.165) is 5.56 Å². The smallest absolute Gasteiger partial charge is 0.266 e. The molecule has 0 N–H and O–H groups in total. The van der Waals surface area contributed by atoms with Gasteiger partial charge in [0.1, 0.15) is 4.32 Å². The molecule has 5 nitrogen and oxygen atoms in total. The lowest BCUT2D eigenvalue weighted by Gasteiger charge is -2.09. The first-order chi connectivity index (χ1) is 10.1. The van der Waals surface area contributed by atoms with Crippen molar-refractivity contribution < 1.29 is 19.0 Å². The summed E-state index contributed by atoms with van der Waals surface area (Å²) < 4.78 is 16.6. The number of benzene rings is 1. The fourth-order valence-corrected chi connectivity index (χ4v) is 3.54. The number of rotatable bonds is 3. The highest BCUT2D eigenvalue weighted by Crippen LogP contribution is 2.43. The molecule has 2 heterocycles. The van der Waals surface area contributed by atoms with Gasteiger partial charge in [0.2, 0.25) is 12.5 Å². The Morgan fingerprint density at radius 1 is 1.48 bits per heavy atom. The van der Waals surface area contributed by atoms with Crippen molar-refractivity contribution in [2.24, 2.45) is 0 Å². The summed E-state index contributed by atoms with van der Waals surface area (Å²) in [6, 6.07) is 3.63. The lowest BCUT2D eigenvalue weighted by molar-refractivity contribution is -0.121. The second-order valence-corrected chi connectivity index (χ2v) is 6.06. The zero-order chi connectivity index (χ0) is 15.0. The van der Waals surface area contributed by atoms with Gasteiger partial charge in [-0.05, 0) is 30.7 Å². The van der Waals surface area contributed by atoms with Crippen LogP contribution in [0.4, 0.5) is 0 Å². The first-order valence-electron chi connectivity index (χ1n) is 6.37. The van der Waals surface area contributed by atoms with Crippen LogP contribution >= 0.6 is 24.0 Å². The average molecular weight is 323 g/mol. The predicted molar refractivity (Wildman–Crippen MR) is 84.7 cm³/mol. The SMILES string of the molecule is CCN1C(=O)C(=Cc2cc(OC)c3c(c2)OCO3)SC1=S. The molecule has 1 fully saturated rings. The van der Waals surface area contributed by atoms with Crippen molar-refractivity contribution in [1.82, 2.24) is 4.90 Å². The van der Waals surface area contributed by atoms with Crippen LogP contribution in [-0.2, 0) is 4.79 Å². The maximum Gasteiger partial charge on any atom is 0.266 e. The van der Waals surface area contributed by atoms with E-state index in [1.807, 2.05) is 19.1 Å². The molecule has 0 atom stereocenters. The molecule has 1 amide bonds. The third-order valence-electron chi connectivity index (χ3n) is 3.17. The van der Waals surface area contributed by atoms with Crippen LogP contribution in [0.25, 0.3) is 6.08 Å². The van der Waals surface area contributed by atoms with Gasteiger partial charge in [0.15, 0.2) is 11.5 Å². The molecule has 7 heteroatoms. The Hall–Kier alpha value is -1.73. The molecule has 1 aromatic carbocycles. The summed E-state index contributed by atoms with van der Waals surface area (Å²) in [6.07, 6.45) is 1.79. The van der Waals surface area contributed by atoms with Crippen LogP contribution in [0.3, 0.4) is 0 Å². The fourth-order valence-electron chi connectivity index (χ4n) is 2.16. The lowest BCUT2D eigenvalue weighted by Crippen LogP contribution is -2.27. The zero-order valence-electron chi connectivity index (χ0n) is 11.5. The summed E-state index contributed by atoms with van der Waals surface area (Å²) in [6.45, 7) is 2.65.